The molecule has 5 heteroatoms. The summed E-state index contributed by atoms with van der Waals surface area (Å²) in [7, 11) is -3.19. The fourth-order valence-electron chi connectivity index (χ4n) is 2.93. The van der Waals surface area contributed by atoms with Crippen LogP contribution in [-0.2, 0) is 16.3 Å². The summed E-state index contributed by atoms with van der Waals surface area (Å²) in [6, 6.07) is 8.75. The van der Waals surface area contributed by atoms with Crippen molar-refractivity contribution < 1.29 is 13.2 Å². The lowest BCUT2D eigenvalue weighted by molar-refractivity contribution is 0.0972. The summed E-state index contributed by atoms with van der Waals surface area (Å²) in [6.07, 6.45) is 3.56. The molecule has 1 aliphatic rings. The van der Waals surface area contributed by atoms with Crippen LogP contribution in [0.2, 0.25) is 0 Å². The third-order valence-electron chi connectivity index (χ3n) is 3.93. The summed E-state index contributed by atoms with van der Waals surface area (Å²) in [5.41, 5.74) is 3.75. The van der Waals surface area contributed by atoms with E-state index in [2.05, 4.69) is 4.57 Å². The summed E-state index contributed by atoms with van der Waals surface area (Å²) >= 11 is 0. The number of Topliss-reactive ketones (excluding diaryl/α,β-unsaturated/α-hetero) is 1. The van der Waals surface area contributed by atoms with Crippen LogP contribution in [0.15, 0.2) is 35.2 Å². The van der Waals surface area contributed by atoms with Gasteiger partial charge in [-0.3, -0.25) is 4.79 Å². The fourth-order valence-corrected chi connectivity index (χ4v) is 3.56. The Morgan fingerprint density at radius 2 is 1.76 bits per heavy atom. The van der Waals surface area contributed by atoms with Crippen LogP contribution in [0.4, 0.5) is 0 Å². The molecule has 1 heterocycles. The molecule has 0 radical (unpaired) electrons. The van der Waals surface area contributed by atoms with E-state index in [-0.39, 0.29) is 5.78 Å². The molecule has 1 aromatic heterocycles. The van der Waals surface area contributed by atoms with Gasteiger partial charge < -0.3 is 4.57 Å². The Bertz CT molecular complexity index is 814. The molecule has 1 aromatic carbocycles. The van der Waals surface area contributed by atoms with Crippen LogP contribution in [0.1, 0.15) is 34.6 Å². The Morgan fingerprint density at radius 1 is 1.10 bits per heavy atom. The maximum absolute atomic E-state index is 12.0. The fraction of sp³-hybridized carbons (Fsp3) is 0.312. The first-order valence-corrected chi connectivity index (χ1v) is 8.82. The van der Waals surface area contributed by atoms with Gasteiger partial charge in [-0.05, 0) is 50.1 Å². The molecule has 110 valence electrons. The molecular formula is C16H17NO3S. The second-order valence-corrected chi connectivity index (χ2v) is 7.54. The number of hydrogen-bond acceptors (Lipinski definition) is 3. The lowest BCUT2D eigenvalue weighted by Gasteiger charge is -2.16. The molecule has 0 atom stereocenters. The van der Waals surface area contributed by atoms with E-state index in [0.717, 1.165) is 35.5 Å². The maximum atomic E-state index is 12.0. The Balaban J connectivity index is 2.11. The number of carbonyl (C=O) groups excluding carboxylic acids is 1. The molecule has 1 aliphatic carbocycles. The molecule has 0 saturated carbocycles. The smallest absolute Gasteiger partial charge is 0.175 e. The lowest BCUT2D eigenvalue weighted by Crippen LogP contribution is -2.12. The van der Waals surface area contributed by atoms with E-state index in [1.807, 2.05) is 13.0 Å². The Kier molecular flexibility index (Phi) is 3.24. The monoisotopic (exact) mass is 303 g/mol. The number of aromatic nitrogens is 1. The number of aryl methyl sites for hydroxylation is 1. The average molecular weight is 303 g/mol. The van der Waals surface area contributed by atoms with E-state index >= 15 is 0 Å². The molecule has 2 aromatic rings. The third-order valence-corrected chi connectivity index (χ3v) is 5.06. The topological polar surface area (TPSA) is 56.1 Å². The van der Waals surface area contributed by atoms with Gasteiger partial charge in [0, 0.05) is 35.3 Å². The molecule has 0 N–H and O–H groups in total. The van der Waals surface area contributed by atoms with Gasteiger partial charge in [-0.15, -0.1) is 0 Å². The van der Waals surface area contributed by atoms with E-state index < -0.39 is 9.84 Å². The van der Waals surface area contributed by atoms with E-state index in [1.165, 1.54) is 6.26 Å². The number of nitrogens with zero attached hydrogens (tertiary/aromatic N) is 1. The summed E-state index contributed by atoms with van der Waals surface area (Å²) in [5, 5.41) is 0. The van der Waals surface area contributed by atoms with Gasteiger partial charge in [-0.25, -0.2) is 8.42 Å². The predicted molar refractivity (Wildman–Crippen MR) is 80.9 cm³/mol. The number of ketones is 1. The highest BCUT2D eigenvalue weighted by molar-refractivity contribution is 7.90. The molecule has 0 saturated heterocycles. The zero-order valence-electron chi connectivity index (χ0n) is 12.1. The van der Waals surface area contributed by atoms with Gasteiger partial charge in [0.1, 0.15) is 0 Å². The van der Waals surface area contributed by atoms with Crippen molar-refractivity contribution in [2.75, 3.05) is 6.26 Å². The second-order valence-electron chi connectivity index (χ2n) is 5.52. The zero-order chi connectivity index (χ0) is 15.2. The number of benzene rings is 1. The second kappa shape index (κ2) is 4.84. The SMILES string of the molecule is Cc1cc2c(n1-c1ccc(S(C)(=O)=O)cc1)CCCC2=O. The highest BCUT2D eigenvalue weighted by atomic mass is 32.2. The minimum Gasteiger partial charge on any atom is -0.317 e. The van der Waals surface area contributed by atoms with Crippen molar-refractivity contribution in [3.05, 3.63) is 47.3 Å². The minimum atomic E-state index is -3.19. The van der Waals surface area contributed by atoms with Crippen LogP contribution in [-0.4, -0.2) is 25.0 Å². The van der Waals surface area contributed by atoms with Crippen molar-refractivity contribution in [1.29, 1.82) is 0 Å². The van der Waals surface area contributed by atoms with Crippen molar-refractivity contribution in [3.8, 4) is 5.69 Å². The highest BCUT2D eigenvalue weighted by Crippen LogP contribution is 2.28. The van der Waals surface area contributed by atoms with E-state index in [9.17, 15) is 13.2 Å². The number of rotatable bonds is 2. The van der Waals surface area contributed by atoms with Crippen LogP contribution in [0.3, 0.4) is 0 Å². The lowest BCUT2D eigenvalue weighted by atomic mass is 9.96. The van der Waals surface area contributed by atoms with Crippen molar-refractivity contribution in [2.24, 2.45) is 0 Å². The van der Waals surface area contributed by atoms with Gasteiger partial charge in [0.25, 0.3) is 0 Å². The van der Waals surface area contributed by atoms with Crippen LogP contribution >= 0.6 is 0 Å². The molecule has 0 amide bonds. The normalized spacial score (nSPS) is 15.0. The number of hydrogen-bond donors (Lipinski definition) is 0. The van der Waals surface area contributed by atoms with Crippen molar-refractivity contribution in [1.82, 2.24) is 4.57 Å². The largest absolute Gasteiger partial charge is 0.317 e. The van der Waals surface area contributed by atoms with Crippen LogP contribution in [0.5, 0.6) is 0 Å². The minimum absolute atomic E-state index is 0.200. The predicted octanol–water partition coefficient (Wildman–Crippen LogP) is 2.71. The van der Waals surface area contributed by atoms with Gasteiger partial charge in [0.15, 0.2) is 15.6 Å². The first-order valence-electron chi connectivity index (χ1n) is 6.93. The van der Waals surface area contributed by atoms with E-state index in [0.29, 0.717) is 11.3 Å². The Hall–Kier alpha value is -1.88. The molecule has 0 fully saturated rings. The van der Waals surface area contributed by atoms with Gasteiger partial charge in [-0.2, -0.15) is 0 Å². The van der Waals surface area contributed by atoms with Crippen LogP contribution in [0.25, 0.3) is 5.69 Å². The molecule has 4 nitrogen and oxygen atoms in total. The van der Waals surface area contributed by atoms with E-state index in [4.69, 9.17) is 0 Å². The van der Waals surface area contributed by atoms with Crippen LogP contribution < -0.4 is 0 Å². The summed E-state index contributed by atoms with van der Waals surface area (Å²) < 4.78 is 25.1. The Labute approximate surface area is 124 Å². The maximum Gasteiger partial charge on any atom is 0.175 e. The number of fused-ring (bicyclic) bond motifs is 1. The molecule has 0 spiro atoms. The zero-order valence-corrected chi connectivity index (χ0v) is 12.9. The molecule has 21 heavy (non-hydrogen) atoms. The summed E-state index contributed by atoms with van der Waals surface area (Å²) in [6.45, 7) is 1.97. The van der Waals surface area contributed by atoms with Gasteiger partial charge in [-0.1, -0.05) is 0 Å². The molecular weight excluding hydrogens is 286 g/mol. The van der Waals surface area contributed by atoms with Gasteiger partial charge in [0.05, 0.1) is 4.90 Å². The first-order chi connectivity index (χ1) is 9.88. The first kappa shape index (κ1) is 14.1. The molecule has 0 bridgehead atoms. The van der Waals surface area contributed by atoms with Crippen LogP contribution in [0, 0.1) is 6.92 Å². The van der Waals surface area contributed by atoms with E-state index in [1.54, 1.807) is 24.3 Å². The van der Waals surface area contributed by atoms with Crippen molar-refractivity contribution in [3.63, 3.8) is 0 Å². The quantitative estimate of drug-likeness (QED) is 0.857. The average Bonchev–Trinajstić information content (AvgIpc) is 2.76. The molecule has 3 rings (SSSR count). The summed E-state index contributed by atoms with van der Waals surface area (Å²) in [4.78, 5) is 12.3. The highest BCUT2D eigenvalue weighted by Gasteiger charge is 2.23. The molecule has 0 unspecified atom stereocenters. The molecule has 0 aliphatic heterocycles. The van der Waals surface area contributed by atoms with Crippen molar-refractivity contribution >= 4 is 15.6 Å². The van der Waals surface area contributed by atoms with Crippen molar-refractivity contribution in [2.45, 2.75) is 31.1 Å². The number of sulfone groups is 1. The van der Waals surface area contributed by atoms with Gasteiger partial charge >= 0.3 is 0 Å². The standard InChI is InChI=1S/C16H17NO3S/c1-11-10-14-15(4-3-5-16(14)18)17(11)12-6-8-13(9-7-12)21(2,19)20/h6-10H,3-5H2,1-2H3. The number of carbonyl (C=O) groups is 1. The Morgan fingerprint density at radius 3 is 2.38 bits per heavy atom. The third kappa shape index (κ3) is 2.42. The summed E-state index contributed by atoms with van der Waals surface area (Å²) in [5.74, 6) is 0.200. The van der Waals surface area contributed by atoms with Gasteiger partial charge in [0.2, 0.25) is 0 Å².